The first-order chi connectivity index (χ1) is 11.7. The number of rotatable bonds is 8. The molecule has 0 heterocycles. The van der Waals surface area contributed by atoms with Crippen LogP contribution < -0.4 is 15.4 Å². The monoisotopic (exact) mass is 332 g/mol. The van der Waals surface area contributed by atoms with Gasteiger partial charge in [0.05, 0.1) is 6.04 Å². The lowest BCUT2D eigenvalue weighted by molar-refractivity contribution is 0.220. The van der Waals surface area contributed by atoms with Crippen molar-refractivity contribution in [1.82, 2.24) is 10.6 Å². The van der Waals surface area contributed by atoms with Crippen molar-refractivity contribution >= 4 is 6.03 Å². The van der Waals surface area contributed by atoms with Crippen molar-refractivity contribution in [2.75, 3.05) is 19.8 Å². The molecule has 0 saturated carbocycles. The van der Waals surface area contributed by atoms with Gasteiger partial charge in [0.1, 0.15) is 6.61 Å². The molecule has 0 spiro atoms. The summed E-state index contributed by atoms with van der Waals surface area (Å²) < 4.78 is 19.2. The average molecular weight is 332 g/mol. The molecular formula is C18H21FN2O3. The van der Waals surface area contributed by atoms with E-state index in [9.17, 15) is 9.18 Å². The molecule has 128 valence electrons. The summed E-state index contributed by atoms with van der Waals surface area (Å²) in [6.07, 6.45) is 0.481. The number of urea groups is 1. The quantitative estimate of drug-likeness (QED) is 0.651. The van der Waals surface area contributed by atoms with Crippen molar-refractivity contribution < 1.29 is 19.0 Å². The molecule has 0 fully saturated rings. The Hall–Kier alpha value is -2.60. The third kappa shape index (κ3) is 5.55. The van der Waals surface area contributed by atoms with Gasteiger partial charge in [-0.25, -0.2) is 9.18 Å². The molecule has 0 saturated heterocycles. The summed E-state index contributed by atoms with van der Waals surface area (Å²) in [5, 5.41) is 14.2. The van der Waals surface area contributed by atoms with Gasteiger partial charge in [-0.2, -0.15) is 0 Å². The van der Waals surface area contributed by atoms with Crippen LogP contribution >= 0.6 is 0 Å². The Bertz CT molecular complexity index is 637. The van der Waals surface area contributed by atoms with E-state index in [0.29, 0.717) is 13.0 Å². The van der Waals surface area contributed by atoms with Gasteiger partial charge in [-0.15, -0.1) is 0 Å². The Morgan fingerprint density at radius 3 is 2.54 bits per heavy atom. The minimum Gasteiger partial charge on any atom is -0.488 e. The van der Waals surface area contributed by atoms with Gasteiger partial charge in [0.25, 0.3) is 0 Å². The molecule has 5 nitrogen and oxygen atoms in total. The van der Waals surface area contributed by atoms with E-state index in [0.717, 1.165) is 5.56 Å². The molecule has 0 radical (unpaired) electrons. The molecule has 0 bridgehead atoms. The van der Waals surface area contributed by atoms with E-state index >= 15 is 0 Å². The molecule has 24 heavy (non-hydrogen) atoms. The fourth-order valence-electron chi connectivity index (χ4n) is 2.13. The number of ether oxygens (including phenoxy) is 1. The molecule has 0 aromatic heterocycles. The first-order valence-corrected chi connectivity index (χ1v) is 7.78. The molecule has 1 atom stereocenters. The topological polar surface area (TPSA) is 70.6 Å². The van der Waals surface area contributed by atoms with Crippen LogP contribution in [0.1, 0.15) is 18.0 Å². The van der Waals surface area contributed by atoms with E-state index < -0.39 is 11.9 Å². The number of aliphatic hydroxyl groups excluding tert-OH is 1. The van der Waals surface area contributed by atoms with Gasteiger partial charge in [0, 0.05) is 13.2 Å². The van der Waals surface area contributed by atoms with Crippen molar-refractivity contribution in [3.05, 3.63) is 66.0 Å². The predicted octanol–water partition coefficient (Wildman–Crippen LogP) is 2.63. The maximum atomic E-state index is 13.7. The van der Waals surface area contributed by atoms with E-state index in [1.165, 1.54) is 6.07 Å². The van der Waals surface area contributed by atoms with Gasteiger partial charge in [0.2, 0.25) is 0 Å². The first kappa shape index (κ1) is 17.7. The SMILES string of the molecule is O=C(NCCCO)NC(COc1ccccc1F)c1ccccc1. The van der Waals surface area contributed by atoms with Crippen LogP contribution in [-0.4, -0.2) is 30.9 Å². The summed E-state index contributed by atoms with van der Waals surface area (Å²) in [5.41, 5.74) is 0.853. The van der Waals surface area contributed by atoms with Crippen LogP contribution in [-0.2, 0) is 0 Å². The molecule has 0 aliphatic rings. The fraction of sp³-hybridized carbons (Fsp3) is 0.278. The van der Waals surface area contributed by atoms with Crippen molar-refractivity contribution in [2.45, 2.75) is 12.5 Å². The van der Waals surface area contributed by atoms with Gasteiger partial charge < -0.3 is 20.5 Å². The molecular weight excluding hydrogens is 311 g/mol. The van der Waals surface area contributed by atoms with Crippen LogP contribution in [0, 0.1) is 5.82 Å². The molecule has 2 amide bonds. The third-order valence-corrected chi connectivity index (χ3v) is 3.37. The fourth-order valence-corrected chi connectivity index (χ4v) is 2.13. The molecule has 6 heteroatoms. The maximum Gasteiger partial charge on any atom is 0.315 e. The summed E-state index contributed by atoms with van der Waals surface area (Å²) in [7, 11) is 0. The number of hydrogen-bond donors (Lipinski definition) is 3. The van der Waals surface area contributed by atoms with Crippen LogP contribution in [0.5, 0.6) is 5.75 Å². The maximum absolute atomic E-state index is 13.7. The van der Waals surface area contributed by atoms with Gasteiger partial charge in [-0.1, -0.05) is 42.5 Å². The van der Waals surface area contributed by atoms with Crippen LogP contribution in [0.3, 0.4) is 0 Å². The van der Waals surface area contributed by atoms with Crippen molar-refractivity contribution in [2.24, 2.45) is 0 Å². The summed E-state index contributed by atoms with van der Waals surface area (Å²) >= 11 is 0. The van der Waals surface area contributed by atoms with Crippen LogP contribution in [0.2, 0.25) is 0 Å². The molecule has 1 unspecified atom stereocenters. The lowest BCUT2D eigenvalue weighted by Crippen LogP contribution is -2.40. The van der Waals surface area contributed by atoms with Crippen LogP contribution in [0.4, 0.5) is 9.18 Å². The second-order valence-electron chi connectivity index (χ2n) is 5.18. The average Bonchev–Trinajstić information content (AvgIpc) is 2.61. The van der Waals surface area contributed by atoms with E-state index in [1.54, 1.807) is 18.2 Å². The van der Waals surface area contributed by atoms with Crippen LogP contribution in [0.25, 0.3) is 0 Å². The van der Waals surface area contributed by atoms with Gasteiger partial charge in [-0.05, 0) is 24.1 Å². The number of carbonyl (C=O) groups excluding carboxylic acids is 1. The number of aliphatic hydroxyl groups is 1. The highest BCUT2D eigenvalue weighted by molar-refractivity contribution is 5.74. The number of carbonyl (C=O) groups is 1. The lowest BCUT2D eigenvalue weighted by atomic mass is 10.1. The van der Waals surface area contributed by atoms with Crippen molar-refractivity contribution in [3.63, 3.8) is 0 Å². The number of benzene rings is 2. The summed E-state index contributed by atoms with van der Waals surface area (Å²) in [4.78, 5) is 11.9. The van der Waals surface area contributed by atoms with Gasteiger partial charge in [0.15, 0.2) is 11.6 Å². The Morgan fingerprint density at radius 1 is 1.12 bits per heavy atom. The molecule has 3 N–H and O–H groups in total. The minimum atomic E-state index is -0.447. The standard InChI is InChI=1S/C18H21FN2O3/c19-15-9-4-5-10-17(15)24-13-16(14-7-2-1-3-8-14)21-18(23)20-11-6-12-22/h1-5,7-10,16,22H,6,11-13H2,(H2,20,21,23). The lowest BCUT2D eigenvalue weighted by Gasteiger charge is -2.20. The number of para-hydroxylation sites is 1. The number of nitrogens with one attached hydrogen (secondary N) is 2. The second kappa shape index (κ2) is 9.52. The predicted molar refractivity (Wildman–Crippen MR) is 89.3 cm³/mol. The molecule has 2 rings (SSSR count). The van der Waals surface area contributed by atoms with Crippen LogP contribution in [0.15, 0.2) is 54.6 Å². The Balaban J connectivity index is 2.01. The first-order valence-electron chi connectivity index (χ1n) is 7.78. The second-order valence-corrected chi connectivity index (χ2v) is 5.18. The molecule has 2 aromatic carbocycles. The highest BCUT2D eigenvalue weighted by Crippen LogP contribution is 2.19. The Labute approximate surface area is 140 Å². The third-order valence-electron chi connectivity index (χ3n) is 3.37. The minimum absolute atomic E-state index is 0.0127. The van der Waals surface area contributed by atoms with Gasteiger partial charge in [-0.3, -0.25) is 0 Å². The van der Waals surface area contributed by atoms with E-state index in [-0.39, 0.29) is 25.0 Å². The smallest absolute Gasteiger partial charge is 0.315 e. The number of halogens is 1. The van der Waals surface area contributed by atoms with E-state index in [4.69, 9.17) is 9.84 Å². The molecule has 0 aliphatic heterocycles. The van der Waals surface area contributed by atoms with Crippen molar-refractivity contribution in [1.29, 1.82) is 0 Å². The van der Waals surface area contributed by atoms with Crippen molar-refractivity contribution in [3.8, 4) is 5.75 Å². The zero-order valence-electron chi connectivity index (χ0n) is 13.2. The highest BCUT2D eigenvalue weighted by Gasteiger charge is 2.16. The zero-order chi connectivity index (χ0) is 17.2. The number of amides is 2. The number of hydrogen-bond acceptors (Lipinski definition) is 3. The summed E-state index contributed by atoms with van der Waals surface area (Å²) in [5.74, 6) is -0.308. The largest absolute Gasteiger partial charge is 0.488 e. The van der Waals surface area contributed by atoms with E-state index in [1.807, 2.05) is 30.3 Å². The highest BCUT2D eigenvalue weighted by atomic mass is 19.1. The van der Waals surface area contributed by atoms with Gasteiger partial charge >= 0.3 is 6.03 Å². The Morgan fingerprint density at radius 2 is 1.83 bits per heavy atom. The Kier molecular flexibility index (Phi) is 7.04. The zero-order valence-corrected chi connectivity index (χ0v) is 13.2. The summed E-state index contributed by atoms with van der Waals surface area (Å²) in [6, 6.07) is 14.7. The normalized spacial score (nSPS) is 11.6. The van der Waals surface area contributed by atoms with E-state index in [2.05, 4.69) is 10.6 Å². The molecule has 2 aromatic rings. The molecule has 0 aliphatic carbocycles. The summed E-state index contributed by atoms with van der Waals surface area (Å²) in [6.45, 7) is 0.481.